The molecule has 0 saturated heterocycles. The van der Waals surface area contributed by atoms with E-state index in [1.165, 1.54) is 49.6 Å². The summed E-state index contributed by atoms with van der Waals surface area (Å²) in [5.41, 5.74) is 0.936. The molecular formula is C23H30FN3O5S. The van der Waals surface area contributed by atoms with Crippen LogP contribution in [0.25, 0.3) is 0 Å². The quantitative estimate of drug-likeness (QED) is 0.508. The van der Waals surface area contributed by atoms with E-state index in [0.29, 0.717) is 17.8 Å². The minimum atomic E-state index is -3.91. The van der Waals surface area contributed by atoms with E-state index in [4.69, 9.17) is 0 Å². The lowest BCUT2D eigenvalue weighted by Crippen LogP contribution is -2.42. The first kappa shape index (κ1) is 26.3. The fourth-order valence-corrected chi connectivity index (χ4v) is 4.53. The molecule has 2 amide bonds. The monoisotopic (exact) mass is 479 g/mol. The highest BCUT2D eigenvalue weighted by Crippen LogP contribution is 2.19. The summed E-state index contributed by atoms with van der Waals surface area (Å²) in [6, 6.07) is 9.41. The van der Waals surface area contributed by atoms with Gasteiger partial charge in [0.05, 0.1) is 12.0 Å². The second-order valence-electron chi connectivity index (χ2n) is 8.06. The molecule has 2 aromatic carbocycles. The van der Waals surface area contributed by atoms with Crippen LogP contribution < -0.4 is 15.4 Å². The fraction of sp³-hybridized carbons (Fsp3) is 0.391. The van der Waals surface area contributed by atoms with Crippen molar-refractivity contribution in [2.24, 2.45) is 11.8 Å². The molecule has 0 spiro atoms. The number of sulfonamides is 1. The lowest BCUT2D eigenvalue weighted by atomic mass is 9.90. The summed E-state index contributed by atoms with van der Waals surface area (Å²) in [5.74, 6) is -1.03. The number of carbonyl (C=O) groups is 2. The van der Waals surface area contributed by atoms with Gasteiger partial charge in [-0.2, -0.15) is 0 Å². The summed E-state index contributed by atoms with van der Waals surface area (Å²) < 4.78 is 46.5. The highest BCUT2D eigenvalue weighted by atomic mass is 32.2. The number of hydrogen-bond donors (Lipinski definition) is 3. The smallest absolute Gasteiger partial charge is 0.406 e. The van der Waals surface area contributed by atoms with Crippen molar-refractivity contribution in [3.63, 3.8) is 0 Å². The van der Waals surface area contributed by atoms with Gasteiger partial charge < -0.3 is 15.4 Å². The summed E-state index contributed by atoms with van der Waals surface area (Å²) in [6.07, 6.45) is -0.548. The summed E-state index contributed by atoms with van der Waals surface area (Å²) in [5, 5.41) is 5.25. The lowest BCUT2D eigenvalue weighted by Gasteiger charge is -2.27. The molecule has 10 heteroatoms. The summed E-state index contributed by atoms with van der Waals surface area (Å²) in [7, 11) is -2.63. The number of carbonyl (C=O) groups excluding carboxylic acids is 2. The molecule has 33 heavy (non-hydrogen) atoms. The molecule has 0 heterocycles. The Labute approximate surface area is 194 Å². The number of aryl methyl sites for hydroxylation is 1. The van der Waals surface area contributed by atoms with E-state index >= 15 is 0 Å². The van der Waals surface area contributed by atoms with Gasteiger partial charge in [-0.25, -0.2) is 22.3 Å². The molecule has 180 valence electrons. The van der Waals surface area contributed by atoms with Gasteiger partial charge in [0, 0.05) is 23.8 Å². The Hall–Kier alpha value is -2.98. The zero-order chi connectivity index (χ0) is 24.8. The number of hydrogen-bond acceptors (Lipinski definition) is 5. The third-order valence-electron chi connectivity index (χ3n) is 5.60. The van der Waals surface area contributed by atoms with Gasteiger partial charge in [-0.3, -0.25) is 4.79 Å². The summed E-state index contributed by atoms with van der Waals surface area (Å²) in [6.45, 7) is 7.43. The Balaban J connectivity index is 2.09. The number of halogens is 1. The molecule has 2 rings (SSSR count). The highest BCUT2D eigenvalue weighted by Gasteiger charge is 2.25. The highest BCUT2D eigenvalue weighted by molar-refractivity contribution is 7.89. The fourth-order valence-electron chi connectivity index (χ4n) is 3.15. The van der Waals surface area contributed by atoms with Crippen LogP contribution in [0.4, 0.5) is 14.9 Å². The van der Waals surface area contributed by atoms with Crippen LogP contribution in [0.2, 0.25) is 0 Å². The van der Waals surface area contributed by atoms with Crippen molar-refractivity contribution in [3.8, 4) is 0 Å². The SMILES string of the molecule is COC(=O)NCC(C)[C@H](C)C(C)NS(=O)(=O)c1cccc(C(=O)Nc2ccc(F)c(C)c2)c1. The number of ether oxygens (including phenoxy) is 1. The van der Waals surface area contributed by atoms with Gasteiger partial charge in [0.15, 0.2) is 0 Å². The van der Waals surface area contributed by atoms with Crippen LogP contribution in [0.5, 0.6) is 0 Å². The van der Waals surface area contributed by atoms with Gasteiger partial charge in [-0.15, -0.1) is 0 Å². The third-order valence-corrected chi connectivity index (χ3v) is 7.16. The molecule has 0 aliphatic rings. The van der Waals surface area contributed by atoms with Gasteiger partial charge in [0.25, 0.3) is 5.91 Å². The Bertz CT molecular complexity index is 1110. The van der Waals surface area contributed by atoms with Gasteiger partial charge in [0.1, 0.15) is 5.82 Å². The Kier molecular flexibility index (Phi) is 8.95. The number of benzene rings is 2. The molecule has 0 saturated carbocycles. The van der Waals surface area contributed by atoms with E-state index in [0.717, 1.165) is 0 Å². The van der Waals surface area contributed by atoms with Crippen molar-refractivity contribution in [2.75, 3.05) is 19.0 Å². The maximum Gasteiger partial charge on any atom is 0.406 e. The van der Waals surface area contributed by atoms with Crippen molar-refractivity contribution in [1.82, 2.24) is 10.0 Å². The minimum Gasteiger partial charge on any atom is -0.453 e. The second kappa shape index (κ2) is 11.2. The second-order valence-corrected chi connectivity index (χ2v) is 9.78. The first-order valence-electron chi connectivity index (χ1n) is 10.5. The van der Waals surface area contributed by atoms with Crippen molar-refractivity contribution in [2.45, 2.75) is 38.6 Å². The molecule has 0 aliphatic carbocycles. The number of rotatable bonds is 9. The van der Waals surface area contributed by atoms with Gasteiger partial charge in [-0.1, -0.05) is 19.9 Å². The van der Waals surface area contributed by atoms with Gasteiger partial charge in [-0.05, 0) is 67.6 Å². The zero-order valence-electron chi connectivity index (χ0n) is 19.3. The van der Waals surface area contributed by atoms with E-state index < -0.39 is 28.1 Å². The number of nitrogens with one attached hydrogen (secondary N) is 3. The molecule has 0 fully saturated rings. The van der Waals surface area contributed by atoms with Crippen LogP contribution in [0.3, 0.4) is 0 Å². The summed E-state index contributed by atoms with van der Waals surface area (Å²) >= 11 is 0. The normalized spacial score (nSPS) is 14.1. The van der Waals surface area contributed by atoms with Crippen LogP contribution >= 0.6 is 0 Å². The van der Waals surface area contributed by atoms with Crippen LogP contribution in [0.1, 0.15) is 36.7 Å². The molecule has 2 unspecified atom stereocenters. The molecule has 0 radical (unpaired) electrons. The van der Waals surface area contributed by atoms with Crippen LogP contribution in [0, 0.1) is 24.6 Å². The van der Waals surface area contributed by atoms with Crippen molar-refractivity contribution in [1.29, 1.82) is 0 Å². The van der Waals surface area contributed by atoms with E-state index in [9.17, 15) is 22.4 Å². The zero-order valence-corrected chi connectivity index (χ0v) is 20.1. The van der Waals surface area contributed by atoms with Gasteiger partial charge in [0.2, 0.25) is 10.0 Å². The third kappa shape index (κ3) is 7.26. The van der Waals surface area contributed by atoms with E-state index in [-0.39, 0.29) is 28.1 Å². The number of alkyl carbamates (subject to hydrolysis) is 1. The van der Waals surface area contributed by atoms with E-state index in [1.807, 2.05) is 13.8 Å². The molecule has 0 bridgehead atoms. The Morgan fingerprint density at radius 3 is 2.42 bits per heavy atom. The molecule has 0 aliphatic heterocycles. The van der Waals surface area contributed by atoms with Crippen molar-refractivity contribution in [3.05, 3.63) is 59.4 Å². The average molecular weight is 480 g/mol. The first-order chi connectivity index (χ1) is 15.4. The first-order valence-corrected chi connectivity index (χ1v) is 11.9. The predicted octanol–water partition coefficient (Wildman–Crippen LogP) is 3.68. The minimum absolute atomic E-state index is 0.0296. The topological polar surface area (TPSA) is 114 Å². The van der Waals surface area contributed by atoms with Crippen LogP contribution in [0.15, 0.2) is 47.4 Å². The summed E-state index contributed by atoms with van der Waals surface area (Å²) in [4.78, 5) is 23.8. The largest absolute Gasteiger partial charge is 0.453 e. The molecule has 8 nitrogen and oxygen atoms in total. The molecule has 3 N–H and O–H groups in total. The Morgan fingerprint density at radius 1 is 1.09 bits per heavy atom. The molecule has 0 aromatic heterocycles. The maximum atomic E-state index is 13.4. The van der Waals surface area contributed by atoms with Crippen molar-refractivity contribution >= 4 is 27.7 Å². The number of amides is 2. The van der Waals surface area contributed by atoms with E-state index in [1.54, 1.807) is 13.8 Å². The lowest BCUT2D eigenvalue weighted by molar-refractivity contribution is 0.102. The van der Waals surface area contributed by atoms with E-state index in [2.05, 4.69) is 20.1 Å². The maximum absolute atomic E-state index is 13.4. The number of anilines is 1. The standard InChI is InChI=1S/C23H30FN3O5S/c1-14-11-19(9-10-21(14)24)26-22(28)18-7-6-8-20(12-18)33(30,31)27-17(4)16(3)15(2)13-25-23(29)32-5/h6-12,15-17,27H,13H2,1-5H3,(H,25,29)(H,26,28)/t15?,16-,17?/m0/s1. The molecular weight excluding hydrogens is 449 g/mol. The average Bonchev–Trinajstić information content (AvgIpc) is 2.78. The Morgan fingerprint density at radius 2 is 1.79 bits per heavy atom. The van der Waals surface area contributed by atoms with Crippen molar-refractivity contribution < 1.29 is 27.1 Å². The predicted molar refractivity (Wildman–Crippen MR) is 124 cm³/mol. The van der Waals surface area contributed by atoms with Crippen LogP contribution in [-0.4, -0.2) is 40.1 Å². The number of methoxy groups -OCH3 is 1. The molecule has 3 atom stereocenters. The van der Waals surface area contributed by atoms with Gasteiger partial charge >= 0.3 is 6.09 Å². The van der Waals surface area contributed by atoms with Crippen LogP contribution in [-0.2, 0) is 14.8 Å². The molecule has 2 aromatic rings.